The largest absolute Gasteiger partial charge is 0.370 e. The number of halogens is 1. The summed E-state index contributed by atoms with van der Waals surface area (Å²) in [6, 6.07) is 0.395. The Morgan fingerprint density at radius 2 is 2.00 bits per heavy atom. The van der Waals surface area contributed by atoms with E-state index in [1.807, 2.05) is 0 Å². The average Bonchev–Trinajstić information content (AvgIpc) is 2.96. The van der Waals surface area contributed by atoms with Gasteiger partial charge in [0.25, 0.3) is 0 Å². The van der Waals surface area contributed by atoms with Gasteiger partial charge < -0.3 is 16.4 Å². The number of nitrogens with two attached hydrogens (primary N) is 1. The predicted octanol–water partition coefficient (Wildman–Crippen LogP) is 0.587. The van der Waals surface area contributed by atoms with Gasteiger partial charge in [0.15, 0.2) is 5.96 Å². The summed E-state index contributed by atoms with van der Waals surface area (Å²) in [7, 11) is 0. The molecule has 2 saturated carbocycles. The molecule has 4 N–H and O–H groups in total. The van der Waals surface area contributed by atoms with Crippen molar-refractivity contribution in [3.05, 3.63) is 0 Å². The first kappa shape index (κ1) is 14.5. The van der Waals surface area contributed by atoms with Crippen LogP contribution in [0.2, 0.25) is 0 Å². The maximum atomic E-state index is 11.3. The fraction of sp³-hybridized carbons (Fsp3) is 0.818. The third kappa shape index (κ3) is 5.56. The molecule has 0 heterocycles. The quantitative estimate of drug-likeness (QED) is 0.385. The van der Waals surface area contributed by atoms with Crippen LogP contribution in [-0.2, 0) is 4.79 Å². The summed E-state index contributed by atoms with van der Waals surface area (Å²) in [5.41, 5.74) is 5.65. The lowest BCUT2D eigenvalue weighted by Crippen LogP contribution is -2.38. The molecule has 0 unspecified atom stereocenters. The number of hydrogen-bond acceptors (Lipinski definition) is 2. The van der Waals surface area contributed by atoms with Crippen molar-refractivity contribution in [1.82, 2.24) is 10.6 Å². The number of amides is 1. The summed E-state index contributed by atoms with van der Waals surface area (Å²) in [4.78, 5) is 15.3. The van der Waals surface area contributed by atoms with Gasteiger partial charge in [0.05, 0.1) is 0 Å². The van der Waals surface area contributed by atoms with Gasteiger partial charge in [-0.15, -0.1) is 24.0 Å². The van der Waals surface area contributed by atoms with Crippen molar-refractivity contribution in [3.8, 4) is 0 Å². The third-order valence-electron chi connectivity index (χ3n) is 3.13. The molecule has 0 radical (unpaired) electrons. The smallest absolute Gasteiger partial charge is 0.242 e. The SMILES string of the molecule is I.NC(=NCC(=O)NC1CC1)NCC1CCC1. The molecule has 5 nitrogen and oxygen atoms in total. The van der Waals surface area contributed by atoms with Crippen molar-refractivity contribution in [3.63, 3.8) is 0 Å². The van der Waals surface area contributed by atoms with Crippen LogP contribution in [0, 0.1) is 5.92 Å². The van der Waals surface area contributed by atoms with Crippen LogP contribution in [-0.4, -0.2) is 31.0 Å². The minimum Gasteiger partial charge on any atom is -0.370 e. The number of rotatable bonds is 5. The van der Waals surface area contributed by atoms with E-state index >= 15 is 0 Å². The minimum absolute atomic E-state index is 0. The second kappa shape index (κ2) is 7.03. The summed E-state index contributed by atoms with van der Waals surface area (Å²) in [5.74, 6) is 1.10. The number of aliphatic imine (C=N–C) groups is 1. The lowest BCUT2D eigenvalue weighted by molar-refractivity contribution is -0.119. The molecule has 0 spiro atoms. The predicted molar refractivity (Wildman–Crippen MR) is 78.4 cm³/mol. The minimum atomic E-state index is -0.0316. The van der Waals surface area contributed by atoms with E-state index in [-0.39, 0.29) is 36.4 Å². The molecule has 98 valence electrons. The molecule has 0 aliphatic heterocycles. The molecule has 2 aliphatic carbocycles. The highest BCUT2D eigenvalue weighted by atomic mass is 127. The summed E-state index contributed by atoms with van der Waals surface area (Å²) in [6.45, 7) is 1.03. The fourth-order valence-corrected chi connectivity index (χ4v) is 1.66. The molecule has 0 aromatic rings. The summed E-state index contributed by atoms with van der Waals surface area (Å²) in [5, 5.41) is 5.92. The fourth-order valence-electron chi connectivity index (χ4n) is 1.66. The zero-order chi connectivity index (χ0) is 11.4. The van der Waals surface area contributed by atoms with E-state index in [1.165, 1.54) is 19.3 Å². The molecular weight excluding hydrogens is 331 g/mol. The third-order valence-corrected chi connectivity index (χ3v) is 3.13. The van der Waals surface area contributed by atoms with Gasteiger partial charge in [-0.3, -0.25) is 4.79 Å². The Morgan fingerprint density at radius 1 is 1.29 bits per heavy atom. The standard InChI is InChI=1S/C11H20N4O.HI/c12-11(13-6-8-2-1-3-8)14-7-10(16)15-9-4-5-9;/h8-9H,1-7H2,(H,15,16)(H3,12,13,14);1H. The van der Waals surface area contributed by atoms with Gasteiger partial charge in [-0.25, -0.2) is 4.99 Å². The molecule has 6 heteroatoms. The summed E-state index contributed by atoms with van der Waals surface area (Å²) in [6.07, 6.45) is 6.09. The van der Waals surface area contributed by atoms with E-state index in [0.29, 0.717) is 12.0 Å². The van der Waals surface area contributed by atoms with Gasteiger partial charge in [0.2, 0.25) is 5.91 Å². The van der Waals surface area contributed by atoms with Gasteiger partial charge >= 0.3 is 0 Å². The topological polar surface area (TPSA) is 79.5 Å². The molecule has 0 bridgehead atoms. The van der Waals surface area contributed by atoms with E-state index in [9.17, 15) is 4.79 Å². The maximum Gasteiger partial charge on any atom is 0.242 e. The van der Waals surface area contributed by atoms with Crippen LogP contribution in [0.4, 0.5) is 0 Å². The van der Waals surface area contributed by atoms with E-state index in [2.05, 4.69) is 15.6 Å². The molecule has 1 amide bonds. The average molecular weight is 352 g/mol. The molecule has 2 rings (SSSR count). The van der Waals surface area contributed by atoms with E-state index in [0.717, 1.165) is 25.3 Å². The van der Waals surface area contributed by atoms with Crippen molar-refractivity contribution < 1.29 is 4.79 Å². The number of hydrogen-bond donors (Lipinski definition) is 3. The van der Waals surface area contributed by atoms with E-state index in [4.69, 9.17) is 5.73 Å². The first-order valence-corrected chi connectivity index (χ1v) is 6.07. The molecule has 0 atom stereocenters. The highest BCUT2D eigenvalue weighted by molar-refractivity contribution is 14.0. The second-order valence-electron chi connectivity index (χ2n) is 4.72. The number of guanidine groups is 1. The van der Waals surface area contributed by atoms with Gasteiger partial charge in [-0.05, 0) is 31.6 Å². The van der Waals surface area contributed by atoms with E-state index < -0.39 is 0 Å². The highest BCUT2D eigenvalue weighted by Gasteiger charge is 2.22. The van der Waals surface area contributed by atoms with Crippen LogP contribution in [0.15, 0.2) is 4.99 Å². The first-order valence-electron chi connectivity index (χ1n) is 6.07. The zero-order valence-corrected chi connectivity index (χ0v) is 12.3. The summed E-state index contributed by atoms with van der Waals surface area (Å²) < 4.78 is 0. The van der Waals surface area contributed by atoms with Crippen molar-refractivity contribution >= 4 is 35.8 Å². The molecule has 17 heavy (non-hydrogen) atoms. The van der Waals surface area contributed by atoms with Crippen molar-refractivity contribution in [1.29, 1.82) is 0 Å². The Kier molecular flexibility index (Phi) is 6.01. The van der Waals surface area contributed by atoms with Gasteiger partial charge in [-0.1, -0.05) is 6.42 Å². The summed E-state index contributed by atoms with van der Waals surface area (Å²) >= 11 is 0. The number of nitrogens with zero attached hydrogens (tertiary/aromatic N) is 1. The van der Waals surface area contributed by atoms with Gasteiger partial charge in [0.1, 0.15) is 6.54 Å². The normalized spacial score (nSPS) is 20.1. The Balaban J connectivity index is 0.00000144. The zero-order valence-electron chi connectivity index (χ0n) is 9.95. The van der Waals surface area contributed by atoms with Crippen LogP contribution in [0.3, 0.4) is 0 Å². The number of carbonyl (C=O) groups excluding carboxylic acids is 1. The first-order chi connectivity index (χ1) is 7.74. The van der Waals surface area contributed by atoms with E-state index in [1.54, 1.807) is 0 Å². The Morgan fingerprint density at radius 3 is 2.53 bits per heavy atom. The molecule has 0 saturated heterocycles. The molecule has 0 aromatic carbocycles. The Bertz CT molecular complexity index is 287. The van der Waals surface area contributed by atoms with Gasteiger partial charge in [0, 0.05) is 12.6 Å². The number of nitrogens with one attached hydrogen (secondary N) is 2. The molecule has 0 aromatic heterocycles. The van der Waals surface area contributed by atoms with Crippen LogP contribution in [0.1, 0.15) is 32.1 Å². The second-order valence-corrected chi connectivity index (χ2v) is 4.72. The van der Waals surface area contributed by atoms with Crippen molar-refractivity contribution in [2.24, 2.45) is 16.6 Å². The Hall–Kier alpha value is -0.530. The van der Waals surface area contributed by atoms with Crippen LogP contribution >= 0.6 is 24.0 Å². The number of carbonyl (C=O) groups is 1. The van der Waals surface area contributed by atoms with Crippen LogP contribution in [0.25, 0.3) is 0 Å². The van der Waals surface area contributed by atoms with Crippen LogP contribution in [0.5, 0.6) is 0 Å². The maximum absolute atomic E-state index is 11.3. The highest BCUT2D eigenvalue weighted by Crippen LogP contribution is 2.24. The van der Waals surface area contributed by atoms with Gasteiger partial charge in [-0.2, -0.15) is 0 Å². The van der Waals surface area contributed by atoms with Crippen molar-refractivity contribution in [2.75, 3.05) is 13.1 Å². The van der Waals surface area contributed by atoms with Crippen LogP contribution < -0.4 is 16.4 Å². The van der Waals surface area contributed by atoms with Crippen molar-refractivity contribution in [2.45, 2.75) is 38.1 Å². The monoisotopic (exact) mass is 352 g/mol. The molecule has 2 aliphatic rings. The Labute approximate surface area is 119 Å². The lowest BCUT2D eigenvalue weighted by atomic mass is 9.85. The lowest BCUT2D eigenvalue weighted by Gasteiger charge is -2.25. The molecular formula is C11H21IN4O. The molecule has 2 fully saturated rings.